The molecule has 0 saturated heterocycles. The molecule has 170 valence electrons. The van der Waals surface area contributed by atoms with Crippen LogP contribution in [0.15, 0.2) is 60.1 Å². The molecule has 8 heteroatoms. The Morgan fingerprint density at radius 1 is 1.06 bits per heavy atom. The van der Waals surface area contributed by atoms with Gasteiger partial charge in [0.1, 0.15) is 5.75 Å². The number of amides is 2. The lowest BCUT2D eigenvalue weighted by Gasteiger charge is -2.14. The van der Waals surface area contributed by atoms with Crippen molar-refractivity contribution in [3.05, 3.63) is 66.2 Å². The minimum atomic E-state index is -0.982. The molecular weight excluding hydrogens is 408 g/mol. The molecule has 0 saturated carbocycles. The first-order chi connectivity index (χ1) is 15.3. The summed E-state index contributed by atoms with van der Waals surface area (Å²) in [5.74, 6) is -0.727. The molecule has 0 aliphatic heterocycles. The average molecular weight is 439 g/mol. The summed E-state index contributed by atoms with van der Waals surface area (Å²) in [4.78, 5) is 27.7. The minimum absolute atomic E-state index is 0.00129. The number of urea groups is 1. The predicted octanol–water partition coefficient (Wildman–Crippen LogP) is 3.91. The third-order valence-corrected chi connectivity index (χ3v) is 4.35. The topological polar surface area (TPSA) is 112 Å². The Hall–Kier alpha value is -3.81. The van der Waals surface area contributed by atoms with Gasteiger partial charge < -0.3 is 20.5 Å². The van der Waals surface area contributed by atoms with E-state index in [0.29, 0.717) is 12.2 Å². The maximum absolute atomic E-state index is 12.3. The summed E-state index contributed by atoms with van der Waals surface area (Å²) < 4.78 is 5.64. The van der Waals surface area contributed by atoms with Crippen LogP contribution < -0.4 is 20.7 Å². The van der Waals surface area contributed by atoms with Crippen molar-refractivity contribution in [2.24, 2.45) is 10.9 Å². The number of nitrogens with one attached hydrogen (secondary N) is 3. The van der Waals surface area contributed by atoms with Crippen molar-refractivity contribution in [2.75, 3.05) is 6.54 Å². The maximum atomic E-state index is 12.3. The van der Waals surface area contributed by atoms with Gasteiger partial charge in [0.15, 0.2) is 0 Å². The van der Waals surface area contributed by atoms with E-state index in [9.17, 15) is 9.59 Å². The third kappa shape index (κ3) is 8.51. The zero-order chi connectivity index (χ0) is 23.5. The lowest BCUT2D eigenvalue weighted by molar-refractivity contribution is -0.140. The molecule has 1 atom stereocenters. The normalized spacial score (nSPS) is 12.1. The third-order valence-electron chi connectivity index (χ3n) is 4.35. The van der Waals surface area contributed by atoms with Gasteiger partial charge in [-0.1, -0.05) is 43.8 Å². The van der Waals surface area contributed by atoms with Crippen LogP contribution in [0.2, 0.25) is 0 Å². The van der Waals surface area contributed by atoms with Crippen LogP contribution in [0.5, 0.6) is 5.75 Å². The fourth-order valence-electron chi connectivity index (χ4n) is 2.55. The molecular formula is C24H30N4O4. The molecule has 0 bridgehead atoms. The number of hydrogen-bond donors (Lipinski definition) is 4. The van der Waals surface area contributed by atoms with Crippen LogP contribution >= 0.6 is 0 Å². The smallest absolute Gasteiger partial charge is 0.321 e. The molecule has 2 aromatic rings. The number of carbonyl (C=O) groups is 2. The van der Waals surface area contributed by atoms with Crippen LogP contribution in [-0.4, -0.2) is 35.7 Å². The lowest BCUT2D eigenvalue weighted by atomic mass is 10.1. The van der Waals surface area contributed by atoms with Crippen LogP contribution in [0, 0.1) is 5.92 Å². The van der Waals surface area contributed by atoms with E-state index in [1.165, 1.54) is 6.92 Å². The summed E-state index contributed by atoms with van der Waals surface area (Å²) in [6, 6.07) is 14.4. The Bertz CT molecular complexity index is 937. The number of carboxylic acid groups (broad SMARTS) is 1. The second kappa shape index (κ2) is 12.1. The molecule has 2 aromatic carbocycles. The van der Waals surface area contributed by atoms with Gasteiger partial charge in [0.2, 0.25) is 5.96 Å². The van der Waals surface area contributed by atoms with Crippen molar-refractivity contribution in [3.8, 4) is 5.75 Å². The summed E-state index contributed by atoms with van der Waals surface area (Å²) in [5, 5.41) is 17.3. The average Bonchev–Trinajstić information content (AvgIpc) is 2.77. The molecule has 8 nitrogen and oxygen atoms in total. The van der Waals surface area contributed by atoms with E-state index in [2.05, 4.69) is 27.5 Å². The van der Waals surface area contributed by atoms with Gasteiger partial charge in [-0.2, -0.15) is 0 Å². The van der Waals surface area contributed by atoms with Crippen LogP contribution in [0.25, 0.3) is 6.08 Å². The number of aliphatic imine (C=N–C) groups is 1. The Kier molecular flexibility index (Phi) is 9.28. The maximum Gasteiger partial charge on any atom is 0.321 e. The SMILES string of the molecule is C=Cc1ccc(CN/C(=N/c2ccc(OC(C)C)cc2)NC(=O)NC[C@H](C)C(=O)O)cc1. The largest absolute Gasteiger partial charge is 0.491 e. The van der Waals surface area contributed by atoms with Gasteiger partial charge in [0, 0.05) is 13.1 Å². The Labute approximate surface area is 188 Å². The highest BCUT2D eigenvalue weighted by Gasteiger charge is 2.13. The van der Waals surface area contributed by atoms with Crippen molar-refractivity contribution in [1.29, 1.82) is 0 Å². The monoisotopic (exact) mass is 438 g/mol. The van der Waals surface area contributed by atoms with Gasteiger partial charge >= 0.3 is 12.0 Å². The van der Waals surface area contributed by atoms with Crippen molar-refractivity contribution in [3.63, 3.8) is 0 Å². The lowest BCUT2D eigenvalue weighted by Crippen LogP contribution is -2.47. The summed E-state index contributed by atoms with van der Waals surface area (Å²) in [5.41, 5.74) is 2.62. The molecule has 0 aromatic heterocycles. The van der Waals surface area contributed by atoms with Crippen molar-refractivity contribution >= 4 is 29.7 Å². The number of carboxylic acids is 1. The van der Waals surface area contributed by atoms with Gasteiger partial charge in [0.25, 0.3) is 0 Å². The van der Waals surface area contributed by atoms with E-state index in [1.54, 1.807) is 30.3 Å². The van der Waals surface area contributed by atoms with Gasteiger partial charge in [-0.15, -0.1) is 0 Å². The summed E-state index contributed by atoms with van der Waals surface area (Å²) in [6.45, 7) is 9.58. The highest BCUT2D eigenvalue weighted by atomic mass is 16.5. The van der Waals surface area contributed by atoms with Crippen molar-refractivity contribution < 1.29 is 19.4 Å². The highest BCUT2D eigenvalue weighted by Crippen LogP contribution is 2.19. The number of guanidine groups is 1. The van der Waals surface area contributed by atoms with E-state index in [1.807, 2.05) is 38.1 Å². The van der Waals surface area contributed by atoms with E-state index >= 15 is 0 Å². The highest BCUT2D eigenvalue weighted by molar-refractivity contribution is 5.97. The standard InChI is InChI=1S/C24H30N4O4/c1-5-18-6-8-19(9-7-18)15-25-23(28-24(31)26-14-17(4)22(29)30)27-20-10-12-21(13-11-20)32-16(2)3/h5-13,16-17H,1,14-15H2,2-4H3,(H,29,30)(H3,25,26,27,28,31)/t17-/m0/s1. The molecule has 32 heavy (non-hydrogen) atoms. The molecule has 0 heterocycles. The number of rotatable bonds is 9. The van der Waals surface area contributed by atoms with Gasteiger partial charge in [0.05, 0.1) is 17.7 Å². The summed E-state index contributed by atoms with van der Waals surface area (Å²) in [7, 11) is 0. The fraction of sp³-hybridized carbons (Fsp3) is 0.292. The number of hydrogen-bond acceptors (Lipinski definition) is 4. The van der Waals surface area contributed by atoms with Crippen molar-refractivity contribution in [1.82, 2.24) is 16.0 Å². The van der Waals surface area contributed by atoms with Crippen molar-refractivity contribution in [2.45, 2.75) is 33.4 Å². The molecule has 0 unspecified atom stereocenters. The summed E-state index contributed by atoms with van der Waals surface area (Å²) in [6.07, 6.45) is 1.83. The molecule has 2 rings (SSSR count). The molecule has 0 aliphatic carbocycles. The first-order valence-electron chi connectivity index (χ1n) is 10.3. The molecule has 0 spiro atoms. The fourth-order valence-corrected chi connectivity index (χ4v) is 2.55. The predicted molar refractivity (Wildman–Crippen MR) is 126 cm³/mol. The Morgan fingerprint density at radius 2 is 1.72 bits per heavy atom. The first kappa shape index (κ1) is 24.5. The zero-order valence-corrected chi connectivity index (χ0v) is 18.6. The van der Waals surface area contributed by atoms with Gasteiger partial charge in [-0.3, -0.25) is 10.1 Å². The number of benzene rings is 2. The van der Waals surface area contributed by atoms with E-state index in [4.69, 9.17) is 9.84 Å². The molecule has 2 amide bonds. The second-order valence-corrected chi connectivity index (χ2v) is 7.49. The van der Waals surface area contributed by atoms with E-state index in [-0.39, 0.29) is 18.6 Å². The minimum Gasteiger partial charge on any atom is -0.491 e. The number of aliphatic carboxylic acids is 1. The number of carbonyl (C=O) groups excluding carboxylic acids is 1. The van der Waals surface area contributed by atoms with Crippen LogP contribution in [0.3, 0.4) is 0 Å². The van der Waals surface area contributed by atoms with Gasteiger partial charge in [-0.25, -0.2) is 9.79 Å². The number of ether oxygens (including phenoxy) is 1. The molecule has 0 aliphatic rings. The van der Waals surface area contributed by atoms with E-state index in [0.717, 1.165) is 16.9 Å². The second-order valence-electron chi connectivity index (χ2n) is 7.49. The van der Waals surface area contributed by atoms with Crippen LogP contribution in [-0.2, 0) is 11.3 Å². The van der Waals surface area contributed by atoms with Gasteiger partial charge in [-0.05, 0) is 49.2 Å². The molecule has 0 radical (unpaired) electrons. The zero-order valence-electron chi connectivity index (χ0n) is 18.6. The molecule has 4 N–H and O–H groups in total. The van der Waals surface area contributed by atoms with Crippen LogP contribution in [0.1, 0.15) is 31.9 Å². The Balaban J connectivity index is 2.11. The number of nitrogens with zero attached hydrogens (tertiary/aromatic N) is 1. The Morgan fingerprint density at radius 3 is 2.28 bits per heavy atom. The van der Waals surface area contributed by atoms with Crippen LogP contribution in [0.4, 0.5) is 10.5 Å². The van der Waals surface area contributed by atoms with E-state index < -0.39 is 17.9 Å². The molecule has 0 fully saturated rings. The first-order valence-corrected chi connectivity index (χ1v) is 10.3. The summed E-state index contributed by atoms with van der Waals surface area (Å²) >= 11 is 0. The quantitative estimate of drug-likeness (QED) is 0.350.